The van der Waals surface area contributed by atoms with Crippen LogP contribution in [0.25, 0.3) is 0 Å². The number of aliphatic hydroxyl groups is 1. The minimum atomic E-state index is -1.41. The number of rotatable bonds is 6. The molecule has 2 atom stereocenters. The summed E-state index contributed by atoms with van der Waals surface area (Å²) in [6, 6.07) is 4.30. The number of piperidine rings is 2. The second-order valence-corrected chi connectivity index (χ2v) is 10.6. The zero-order valence-corrected chi connectivity index (χ0v) is 21.6. The standard InChI is InChI=1S/C27H34FN5O4/c1-4-26(5-2)16-32(14-17-10-12-29-31(17)3)13-11-27(26,37)20-7-6-18-19(23(20)28)15-33(25(18)36)21-8-9-22(34)30-24(21)35/h6-7,10,12,21,37H,4-5,8-9,11,13-16H2,1-3H3,(H,30,34,35)/t21-,27+/m1/s1. The van der Waals surface area contributed by atoms with Gasteiger partial charge in [-0.1, -0.05) is 19.9 Å². The minimum Gasteiger partial charge on any atom is -0.384 e. The Kier molecular flexibility index (Phi) is 6.44. The summed E-state index contributed by atoms with van der Waals surface area (Å²) >= 11 is 0. The highest BCUT2D eigenvalue weighted by molar-refractivity contribution is 6.05. The van der Waals surface area contributed by atoms with Gasteiger partial charge in [0, 0.05) is 61.4 Å². The fourth-order valence-electron chi connectivity index (χ4n) is 6.55. The monoisotopic (exact) mass is 511 g/mol. The van der Waals surface area contributed by atoms with E-state index in [1.54, 1.807) is 18.3 Å². The van der Waals surface area contributed by atoms with Gasteiger partial charge in [0.15, 0.2) is 0 Å². The Morgan fingerprint density at radius 1 is 1.19 bits per heavy atom. The molecule has 3 aliphatic heterocycles. The average molecular weight is 512 g/mol. The summed E-state index contributed by atoms with van der Waals surface area (Å²) in [5.74, 6) is -1.90. The smallest absolute Gasteiger partial charge is 0.255 e. The number of imide groups is 1. The van der Waals surface area contributed by atoms with E-state index in [-0.39, 0.29) is 42.0 Å². The van der Waals surface area contributed by atoms with Gasteiger partial charge in [-0.15, -0.1) is 0 Å². The van der Waals surface area contributed by atoms with Crippen LogP contribution in [0, 0.1) is 11.2 Å². The van der Waals surface area contributed by atoms with Crippen molar-refractivity contribution in [3.63, 3.8) is 0 Å². The fourth-order valence-corrected chi connectivity index (χ4v) is 6.55. The van der Waals surface area contributed by atoms with Gasteiger partial charge in [-0.2, -0.15) is 5.10 Å². The Balaban J connectivity index is 1.45. The number of halogens is 1. The molecule has 37 heavy (non-hydrogen) atoms. The molecule has 10 heteroatoms. The van der Waals surface area contributed by atoms with Crippen LogP contribution in [0.2, 0.25) is 0 Å². The largest absolute Gasteiger partial charge is 0.384 e. The lowest BCUT2D eigenvalue weighted by atomic mass is 9.61. The number of carbonyl (C=O) groups excluding carboxylic acids is 3. The van der Waals surface area contributed by atoms with Crippen molar-refractivity contribution in [2.75, 3.05) is 13.1 Å². The second kappa shape index (κ2) is 9.33. The van der Waals surface area contributed by atoms with Gasteiger partial charge in [-0.3, -0.25) is 29.3 Å². The van der Waals surface area contributed by atoms with Crippen LogP contribution in [0.5, 0.6) is 0 Å². The number of hydrogen-bond acceptors (Lipinski definition) is 6. The Labute approximate surface area is 215 Å². The van der Waals surface area contributed by atoms with Crippen molar-refractivity contribution in [1.82, 2.24) is 24.9 Å². The highest BCUT2D eigenvalue weighted by atomic mass is 19.1. The van der Waals surface area contributed by atoms with Gasteiger partial charge in [0.05, 0.1) is 12.2 Å². The van der Waals surface area contributed by atoms with Gasteiger partial charge >= 0.3 is 0 Å². The third-order valence-corrected chi connectivity index (χ3v) is 8.95. The summed E-state index contributed by atoms with van der Waals surface area (Å²) in [6.45, 7) is 5.87. The number of hydrogen-bond donors (Lipinski definition) is 2. The van der Waals surface area contributed by atoms with Crippen LogP contribution in [-0.4, -0.2) is 61.5 Å². The van der Waals surface area contributed by atoms with Crippen LogP contribution < -0.4 is 5.32 Å². The molecule has 0 saturated carbocycles. The van der Waals surface area contributed by atoms with Crippen molar-refractivity contribution >= 4 is 17.7 Å². The highest BCUT2D eigenvalue weighted by Crippen LogP contribution is 2.52. The van der Waals surface area contributed by atoms with Crippen LogP contribution in [0.3, 0.4) is 0 Å². The van der Waals surface area contributed by atoms with Crippen molar-refractivity contribution in [3.05, 3.63) is 52.6 Å². The summed E-state index contributed by atoms with van der Waals surface area (Å²) in [4.78, 5) is 40.7. The quantitative estimate of drug-likeness (QED) is 0.576. The predicted molar refractivity (Wildman–Crippen MR) is 132 cm³/mol. The molecule has 2 fully saturated rings. The summed E-state index contributed by atoms with van der Waals surface area (Å²) in [5.41, 5.74) is -0.301. The van der Waals surface area contributed by atoms with E-state index in [4.69, 9.17) is 0 Å². The van der Waals surface area contributed by atoms with Crippen molar-refractivity contribution in [2.45, 2.75) is 70.7 Å². The number of benzene rings is 1. The Morgan fingerprint density at radius 3 is 2.59 bits per heavy atom. The molecule has 0 spiro atoms. The maximum atomic E-state index is 16.2. The summed E-state index contributed by atoms with van der Waals surface area (Å²) in [7, 11) is 1.90. The Morgan fingerprint density at radius 2 is 1.95 bits per heavy atom. The second-order valence-electron chi connectivity index (χ2n) is 10.6. The zero-order chi connectivity index (χ0) is 26.5. The number of amides is 3. The molecule has 4 heterocycles. The lowest BCUT2D eigenvalue weighted by Gasteiger charge is -2.54. The lowest BCUT2D eigenvalue weighted by Crippen LogP contribution is -2.58. The lowest BCUT2D eigenvalue weighted by molar-refractivity contribution is -0.150. The first-order valence-electron chi connectivity index (χ1n) is 13.0. The van der Waals surface area contributed by atoms with Gasteiger partial charge in [-0.05, 0) is 37.8 Å². The SMILES string of the molecule is CCC1(CC)CN(Cc2ccnn2C)CC[C@]1(O)c1ccc2c(c1F)CN([C@@H]1CCC(=O)NC1=O)C2=O. The van der Waals surface area contributed by atoms with E-state index in [1.165, 1.54) is 4.90 Å². The Bertz CT molecular complexity index is 1260. The van der Waals surface area contributed by atoms with Crippen LogP contribution in [-0.2, 0) is 35.3 Å². The predicted octanol–water partition coefficient (Wildman–Crippen LogP) is 2.22. The first kappa shape index (κ1) is 25.5. The number of aryl methyl sites for hydroxylation is 1. The van der Waals surface area contributed by atoms with E-state index < -0.39 is 34.7 Å². The van der Waals surface area contributed by atoms with Gasteiger partial charge in [-0.25, -0.2) is 4.39 Å². The molecule has 198 valence electrons. The number of likely N-dealkylation sites (tertiary alicyclic amines) is 1. The molecule has 1 aromatic heterocycles. The summed E-state index contributed by atoms with van der Waals surface area (Å²) in [6.07, 6.45) is 3.77. The molecule has 0 bridgehead atoms. The van der Waals surface area contributed by atoms with Crippen molar-refractivity contribution in [2.24, 2.45) is 12.5 Å². The minimum absolute atomic E-state index is 0.0614. The number of fused-ring (bicyclic) bond motifs is 1. The van der Waals surface area contributed by atoms with Crippen LogP contribution in [0.1, 0.15) is 73.1 Å². The number of aromatic nitrogens is 2. The van der Waals surface area contributed by atoms with E-state index in [9.17, 15) is 19.5 Å². The molecule has 1 aromatic carbocycles. The molecular formula is C27H34FN5O4. The molecule has 0 aliphatic carbocycles. The molecule has 2 aromatic rings. The summed E-state index contributed by atoms with van der Waals surface area (Å²) in [5, 5.41) is 18.8. The number of nitrogens with one attached hydrogen (secondary N) is 1. The molecule has 0 unspecified atom stereocenters. The molecule has 9 nitrogen and oxygen atoms in total. The maximum absolute atomic E-state index is 16.2. The molecule has 3 amide bonds. The molecule has 2 saturated heterocycles. The third-order valence-electron chi connectivity index (χ3n) is 8.95. The average Bonchev–Trinajstić information content (AvgIpc) is 3.43. The first-order chi connectivity index (χ1) is 17.6. The summed E-state index contributed by atoms with van der Waals surface area (Å²) < 4.78 is 18.1. The zero-order valence-electron chi connectivity index (χ0n) is 21.6. The van der Waals surface area contributed by atoms with E-state index in [0.29, 0.717) is 38.9 Å². The normalized spacial score (nSPS) is 25.9. The molecule has 3 aliphatic rings. The molecule has 0 radical (unpaired) electrons. The van der Waals surface area contributed by atoms with Gasteiger partial charge in [0.25, 0.3) is 5.91 Å². The van der Waals surface area contributed by atoms with Gasteiger partial charge in [0.1, 0.15) is 17.5 Å². The van der Waals surface area contributed by atoms with E-state index >= 15 is 4.39 Å². The topological polar surface area (TPSA) is 108 Å². The molecular weight excluding hydrogens is 477 g/mol. The van der Waals surface area contributed by atoms with Gasteiger partial charge in [0.2, 0.25) is 11.8 Å². The van der Waals surface area contributed by atoms with Gasteiger partial charge < -0.3 is 10.0 Å². The Hall–Kier alpha value is -3.11. The van der Waals surface area contributed by atoms with E-state index in [1.807, 2.05) is 31.6 Å². The van der Waals surface area contributed by atoms with E-state index in [2.05, 4.69) is 15.3 Å². The van der Waals surface area contributed by atoms with Crippen molar-refractivity contribution in [1.29, 1.82) is 0 Å². The molecule has 5 rings (SSSR count). The highest BCUT2D eigenvalue weighted by Gasteiger charge is 2.54. The van der Waals surface area contributed by atoms with Crippen molar-refractivity contribution in [3.8, 4) is 0 Å². The van der Waals surface area contributed by atoms with Crippen LogP contribution in [0.4, 0.5) is 4.39 Å². The maximum Gasteiger partial charge on any atom is 0.255 e. The fraction of sp³-hybridized carbons (Fsp3) is 0.556. The number of carbonyl (C=O) groups is 3. The number of nitrogens with zero attached hydrogens (tertiary/aromatic N) is 4. The third kappa shape index (κ3) is 3.97. The molecule has 2 N–H and O–H groups in total. The van der Waals surface area contributed by atoms with Crippen LogP contribution in [0.15, 0.2) is 24.4 Å². The van der Waals surface area contributed by atoms with Crippen molar-refractivity contribution < 1.29 is 23.9 Å². The van der Waals surface area contributed by atoms with Crippen LogP contribution >= 0.6 is 0 Å². The first-order valence-corrected chi connectivity index (χ1v) is 13.0. The van der Waals surface area contributed by atoms with E-state index in [0.717, 1.165) is 5.69 Å².